The maximum atomic E-state index is 12.6. The summed E-state index contributed by atoms with van der Waals surface area (Å²) >= 11 is 6.86. The second-order valence-corrected chi connectivity index (χ2v) is 7.46. The Hall–Kier alpha value is -1.39. The van der Waals surface area contributed by atoms with Crippen LogP contribution in [-0.4, -0.2) is 21.2 Å². The topological polar surface area (TPSA) is 20.3 Å². The summed E-state index contributed by atoms with van der Waals surface area (Å²) < 4.78 is 0.718. The van der Waals surface area contributed by atoms with Crippen LogP contribution < -0.4 is 0 Å². The van der Waals surface area contributed by atoms with Gasteiger partial charge in [-0.05, 0) is 37.0 Å². The first-order valence-corrected chi connectivity index (χ1v) is 8.88. The summed E-state index contributed by atoms with van der Waals surface area (Å²) in [7, 11) is 0. The zero-order valence-corrected chi connectivity index (χ0v) is 14.3. The van der Waals surface area contributed by atoms with Gasteiger partial charge in [-0.25, -0.2) is 0 Å². The fourth-order valence-corrected chi connectivity index (χ4v) is 4.47. The van der Waals surface area contributed by atoms with Crippen LogP contribution in [0.1, 0.15) is 38.2 Å². The Balaban J connectivity index is 1.78. The molecule has 0 spiro atoms. The minimum atomic E-state index is 0.0858. The van der Waals surface area contributed by atoms with Crippen molar-refractivity contribution >= 4 is 40.3 Å². The number of hydrogen-bond acceptors (Lipinski definition) is 3. The molecule has 22 heavy (non-hydrogen) atoms. The molecule has 0 aromatic heterocycles. The van der Waals surface area contributed by atoms with Gasteiger partial charge in [-0.2, -0.15) is 0 Å². The first kappa shape index (κ1) is 15.5. The van der Waals surface area contributed by atoms with Crippen molar-refractivity contribution in [2.45, 2.75) is 38.6 Å². The van der Waals surface area contributed by atoms with Crippen molar-refractivity contribution in [3.8, 4) is 0 Å². The van der Waals surface area contributed by atoms with Gasteiger partial charge in [0.25, 0.3) is 5.91 Å². The van der Waals surface area contributed by atoms with Gasteiger partial charge >= 0.3 is 0 Å². The molecule has 3 rings (SSSR count). The molecule has 0 N–H and O–H groups in total. The molecule has 0 radical (unpaired) electrons. The van der Waals surface area contributed by atoms with Crippen LogP contribution in [0.3, 0.4) is 0 Å². The average Bonchev–Trinajstić information content (AvgIpc) is 3.09. The Morgan fingerprint density at radius 1 is 1.27 bits per heavy atom. The fraction of sp³-hybridized carbons (Fsp3) is 0.333. The van der Waals surface area contributed by atoms with Crippen LogP contribution in [0.4, 0.5) is 0 Å². The third-order valence-electron chi connectivity index (χ3n) is 4.07. The molecular formula is C18H19NOS2. The lowest BCUT2D eigenvalue weighted by molar-refractivity contribution is -0.123. The van der Waals surface area contributed by atoms with Gasteiger partial charge in [0.15, 0.2) is 0 Å². The number of amides is 1. The van der Waals surface area contributed by atoms with Crippen molar-refractivity contribution in [2.24, 2.45) is 0 Å². The fourth-order valence-electron chi connectivity index (χ4n) is 3.02. The molecular weight excluding hydrogens is 310 g/mol. The monoisotopic (exact) mass is 329 g/mol. The standard InChI is InChI=1S/C18H19NOS2/c1-13(11-14-7-3-2-4-8-14)12-16-17(20)19(18(21)22-16)15-9-5-6-10-15/h2-4,7-8,11-12,15H,5-6,9-10H2,1H3/b13-11?,16-12+. The Labute approximate surface area is 141 Å². The Kier molecular flexibility index (Phi) is 4.79. The molecule has 1 aromatic carbocycles. The van der Waals surface area contributed by atoms with Crippen molar-refractivity contribution in [1.82, 2.24) is 4.90 Å². The molecule has 2 nitrogen and oxygen atoms in total. The smallest absolute Gasteiger partial charge is 0.266 e. The highest BCUT2D eigenvalue weighted by molar-refractivity contribution is 8.26. The number of carbonyl (C=O) groups excluding carboxylic acids is 1. The molecule has 2 fully saturated rings. The lowest BCUT2D eigenvalue weighted by Gasteiger charge is -2.21. The first-order chi connectivity index (χ1) is 10.6. The molecule has 1 heterocycles. The maximum Gasteiger partial charge on any atom is 0.266 e. The summed E-state index contributed by atoms with van der Waals surface area (Å²) in [5, 5.41) is 0. The second kappa shape index (κ2) is 6.80. The van der Waals surface area contributed by atoms with Crippen LogP contribution >= 0.6 is 24.0 Å². The summed E-state index contributed by atoms with van der Waals surface area (Å²) in [5.41, 5.74) is 2.21. The van der Waals surface area contributed by atoms with Crippen molar-refractivity contribution in [1.29, 1.82) is 0 Å². The molecule has 1 saturated heterocycles. The van der Waals surface area contributed by atoms with Crippen LogP contribution in [0.15, 0.2) is 46.9 Å². The van der Waals surface area contributed by atoms with Gasteiger partial charge in [0.2, 0.25) is 0 Å². The highest BCUT2D eigenvalue weighted by atomic mass is 32.2. The Bertz CT molecular complexity index is 642. The number of benzene rings is 1. The highest BCUT2D eigenvalue weighted by Crippen LogP contribution is 2.37. The van der Waals surface area contributed by atoms with Crippen molar-refractivity contribution in [2.75, 3.05) is 0 Å². The molecule has 1 amide bonds. The predicted octanol–water partition coefficient (Wildman–Crippen LogP) is 4.78. The lowest BCUT2D eigenvalue weighted by Crippen LogP contribution is -2.36. The molecule has 0 unspecified atom stereocenters. The van der Waals surface area contributed by atoms with Gasteiger partial charge in [-0.1, -0.05) is 73.2 Å². The van der Waals surface area contributed by atoms with Crippen molar-refractivity contribution in [3.05, 3.63) is 52.4 Å². The molecule has 1 aliphatic heterocycles. The largest absolute Gasteiger partial charge is 0.290 e. The normalized spacial score (nSPS) is 22.1. The molecule has 0 bridgehead atoms. The summed E-state index contributed by atoms with van der Waals surface area (Å²) in [6.07, 6.45) is 8.61. The molecule has 0 atom stereocenters. The third-order valence-corrected chi connectivity index (χ3v) is 5.40. The van der Waals surface area contributed by atoms with E-state index in [0.29, 0.717) is 6.04 Å². The zero-order chi connectivity index (χ0) is 15.5. The number of hydrogen-bond donors (Lipinski definition) is 0. The van der Waals surface area contributed by atoms with Gasteiger partial charge < -0.3 is 0 Å². The third kappa shape index (κ3) is 3.33. The molecule has 1 saturated carbocycles. The first-order valence-electron chi connectivity index (χ1n) is 7.65. The van der Waals surface area contributed by atoms with E-state index in [2.05, 4.69) is 18.2 Å². The number of thiocarbonyl (C=S) groups is 1. The molecule has 4 heteroatoms. The SMILES string of the molecule is CC(=Cc1ccccc1)/C=C1/SC(=S)N(C2CCCC2)C1=O. The van der Waals surface area contributed by atoms with E-state index in [-0.39, 0.29) is 5.91 Å². The van der Waals surface area contributed by atoms with Crippen LogP contribution in [0.5, 0.6) is 0 Å². The van der Waals surface area contributed by atoms with Gasteiger partial charge in [0.05, 0.1) is 4.91 Å². The zero-order valence-electron chi connectivity index (χ0n) is 12.6. The summed E-state index contributed by atoms with van der Waals surface area (Å²) in [6.45, 7) is 2.02. The van der Waals surface area contributed by atoms with Gasteiger partial charge in [0.1, 0.15) is 4.32 Å². The molecule has 2 aliphatic rings. The van der Waals surface area contributed by atoms with Crippen LogP contribution in [0.2, 0.25) is 0 Å². The van der Waals surface area contributed by atoms with E-state index in [1.807, 2.05) is 36.1 Å². The average molecular weight is 329 g/mol. The lowest BCUT2D eigenvalue weighted by atomic mass is 10.1. The van der Waals surface area contributed by atoms with Gasteiger partial charge in [-0.15, -0.1) is 0 Å². The number of carbonyl (C=O) groups is 1. The summed E-state index contributed by atoms with van der Waals surface area (Å²) in [6, 6.07) is 10.5. The van der Waals surface area contributed by atoms with E-state index in [1.54, 1.807) is 0 Å². The Morgan fingerprint density at radius 2 is 1.95 bits per heavy atom. The van der Waals surface area contributed by atoms with Crippen molar-refractivity contribution in [3.63, 3.8) is 0 Å². The number of thioether (sulfide) groups is 1. The number of rotatable bonds is 3. The molecule has 1 aromatic rings. The van der Waals surface area contributed by atoms with Gasteiger partial charge in [0, 0.05) is 6.04 Å². The van der Waals surface area contributed by atoms with Crippen LogP contribution in [0, 0.1) is 0 Å². The second-order valence-electron chi connectivity index (χ2n) is 5.79. The van der Waals surface area contributed by atoms with Crippen molar-refractivity contribution < 1.29 is 4.79 Å². The van der Waals surface area contributed by atoms with E-state index in [4.69, 9.17) is 12.2 Å². The van der Waals surface area contributed by atoms with Gasteiger partial charge in [-0.3, -0.25) is 9.69 Å². The number of allylic oxidation sites excluding steroid dienone is 2. The van der Waals surface area contributed by atoms with Crippen LogP contribution in [-0.2, 0) is 4.79 Å². The minimum absolute atomic E-state index is 0.0858. The van der Waals surface area contributed by atoms with E-state index in [0.717, 1.165) is 33.2 Å². The maximum absolute atomic E-state index is 12.6. The molecule has 114 valence electrons. The summed E-state index contributed by atoms with van der Waals surface area (Å²) in [5.74, 6) is 0.0858. The molecule has 1 aliphatic carbocycles. The Morgan fingerprint density at radius 3 is 2.64 bits per heavy atom. The predicted molar refractivity (Wildman–Crippen MR) is 97.5 cm³/mol. The van der Waals surface area contributed by atoms with E-state index in [9.17, 15) is 4.79 Å². The van der Waals surface area contributed by atoms with Crippen LogP contribution in [0.25, 0.3) is 6.08 Å². The van der Waals surface area contributed by atoms with E-state index < -0.39 is 0 Å². The highest BCUT2D eigenvalue weighted by Gasteiger charge is 2.37. The summed E-state index contributed by atoms with van der Waals surface area (Å²) in [4.78, 5) is 15.2. The van der Waals surface area contributed by atoms with E-state index in [1.165, 1.54) is 24.6 Å². The van der Waals surface area contributed by atoms with E-state index >= 15 is 0 Å². The number of nitrogens with zero attached hydrogens (tertiary/aromatic N) is 1. The minimum Gasteiger partial charge on any atom is -0.290 e. The quantitative estimate of drug-likeness (QED) is 0.588.